The van der Waals surface area contributed by atoms with Crippen molar-refractivity contribution in [2.75, 3.05) is 0 Å². The summed E-state index contributed by atoms with van der Waals surface area (Å²) in [7, 11) is 0. The van der Waals surface area contributed by atoms with Gasteiger partial charge in [-0.15, -0.1) is 11.3 Å². The summed E-state index contributed by atoms with van der Waals surface area (Å²) in [6, 6.07) is 32.0. The Labute approximate surface area is 166 Å². The maximum Gasteiger partial charge on any atom is 0.156 e. The van der Waals surface area contributed by atoms with Crippen LogP contribution in [0, 0.1) is 0 Å². The van der Waals surface area contributed by atoms with Gasteiger partial charge in [0.2, 0.25) is 0 Å². The van der Waals surface area contributed by atoms with Gasteiger partial charge in [0.15, 0.2) is 5.65 Å². The SMILES string of the molecule is c1ccc(-c2c(-c3ccccc3)n3c4ccccc4nc3c3sccc23)cc1. The Kier molecular flexibility index (Phi) is 3.37. The van der Waals surface area contributed by atoms with E-state index in [2.05, 4.69) is 101 Å². The first-order chi connectivity index (χ1) is 13.9. The summed E-state index contributed by atoms with van der Waals surface area (Å²) in [6.07, 6.45) is 0. The molecule has 0 radical (unpaired) electrons. The molecule has 0 fully saturated rings. The van der Waals surface area contributed by atoms with Gasteiger partial charge in [0.1, 0.15) is 0 Å². The van der Waals surface area contributed by atoms with E-state index in [1.165, 1.54) is 32.5 Å². The number of nitrogens with zero attached hydrogens (tertiary/aromatic N) is 2. The minimum atomic E-state index is 1.03. The second kappa shape index (κ2) is 6.04. The molecule has 0 N–H and O–H groups in total. The van der Waals surface area contributed by atoms with Crippen LogP contribution >= 0.6 is 11.3 Å². The van der Waals surface area contributed by atoms with Gasteiger partial charge in [-0.05, 0) is 34.7 Å². The number of rotatable bonds is 2. The Morgan fingerprint density at radius 1 is 0.679 bits per heavy atom. The van der Waals surface area contributed by atoms with Gasteiger partial charge in [0.05, 0.1) is 21.4 Å². The smallest absolute Gasteiger partial charge is 0.156 e. The van der Waals surface area contributed by atoms with E-state index in [-0.39, 0.29) is 0 Å². The summed E-state index contributed by atoms with van der Waals surface area (Å²) in [4.78, 5) is 5.01. The standard InChI is InChI=1S/C25H16N2S/c1-3-9-17(10-4-1)22-19-15-16-28-24(19)25-26-20-13-7-8-14-21(20)27(25)23(22)18-11-5-2-6-12-18/h1-16H. The lowest BCUT2D eigenvalue weighted by molar-refractivity contribution is 1.25. The van der Waals surface area contributed by atoms with E-state index in [4.69, 9.17) is 4.98 Å². The van der Waals surface area contributed by atoms with E-state index in [1.807, 2.05) is 0 Å². The number of thiophene rings is 1. The van der Waals surface area contributed by atoms with E-state index < -0.39 is 0 Å². The Bertz CT molecular complexity index is 1440. The van der Waals surface area contributed by atoms with Gasteiger partial charge < -0.3 is 0 Å². The zero-order valence-corrected chi connectivity index (χ0v) is 15.9. The third-order valence-corrected chi connectivity index (χ3v) is 6.18. The second-order valence-corrected chi connectivity index (χ2v) is 7.79. The van der Waals surface area contributed by atoms with Crippen molar-refractivity contribution < 1.29 is 0 Å². The molecule has 28 heavy (non-hydrogen) atoms. The number of fused-ring (bicyclic) bond motifs is 5. The monoisotopic (exact) mass is 376 g/mol. The number of pyridine rings is 1. The summed E-state index contributed by atoms with van der Waals surface area (Å²) in [5.74, 6) is 0. The molecule has 0 unspecified atom stereocenters. The number of imidazole rings is 1. The van der Waals surface area contributed by atoms with Gasteiger partial charge in [0.25, 0.3) is 0 Å². The molecular formula is C25H16N2S. The van der Waals surface area contributed by atoms with Crippen molar-refractivity contribution in [3.63, 3.8) is 0 Å². The van der Waals surface area contributed by atoms with Crippen molar-refractivity contribution in [2.24, 2.45) is 0 Å². The predicted molar refractivity (Wildman–Crippen MR) is 119 cm³/mol. The number of aromatic nitrogens is 2. The second-order valence-electron chi connectivity index (χ2n) is 6.88. The van der Waals surface area contributed by atoms with E-state index >= 15 is 0 Å². The molecule has 0 atom stereocenters. The van der Waals surface area contributed by atoms with Crippen molar-refractivity contribution in [3.05, 3.63) is 96.4 Å². The van der Waals surface area contributed by atoms with Crippen molar-refractivity contribution in [1.29, 1.82) is 0 Å². The Hall–Kier alpha value is -3.43. The van der Waals surface area contributed by atoms with Gasteiger partial charge >= 0.3 is 0 Å². The number of benzene rings is 3. The van der Waals surface area contributed by atoms with Crippen molar-refractivity contribution >= 4 is 38.1 Å². The zero-order valence-electron chi connectivity index (χ0n) is 15.0. The minimum Gasteiger partial charge on any atom is -0.290 e. The zero-order chi connectivity index (χ0) is 18.5. The Balaban J connectivity index is 1.93. The lowest BCUT2D eigenvalue weighted by Crippen LogP contribution is -1.97. The quantitative estimate of drug-likeness (QED) is 0.317. The van der Waals surface area contributed by atoms with Crippen LogP contribution < -0.4 is 0 Å². The highest BCUT2D eigenvalue weighted by atomic mass is 32.1. The van der Waals surface area contributed by atoms with Crippen LogP contribution in [-0.4, -0.2) is 9.38 Å². The van der Waals surface area contributed by atoms with Crippen molar-refractivity contribution in [1.82, 2.24) is 9.38 Å². The lowest BCUT2D eigenvalue weighted by atomic mass is 9.96. The molecule has 3 aromatic carbocycles. The van der Waals surface area contributed by atoms with Crippen LogP contribution in [0.4, 0.5) is 0 Å². The molecule has 0 bridgehead atoms. The molecule has 0 saturated heterocycles. The summed E-state index contributed by atoms with van der Waals surface area (Å²) in [6.45, 7) is 0. The van der Waals surface area contributed by atoms with Crippen LogP contribution in [0.2, 0.25) is 0 Å². The molecule has 132 valence electrons. The van der Waals surface area contributed by atoms with Crippen LogP contribution in [0.5, 0.6) is 0 Å². The molecule has 3 heteroatoms. The highest BCUT2D eigenvalue weighted by Crippen LogP contribution is 2.43. The topological polar surface area (TPSA) is 17.3 Å². The summed E-state index contributed by atoms with van der Waals surface area (Å²) < 4.78 is 3.57. The molecule has 0 saturated carbocycles. The number of para-hydroxylation sites is 2. The van der Waals surface area contributed by atoms with Crippen LogP contribution in [0.3, 0.4) is 0 Å². The third-order valence-electron chi connectivity index (χ3n) is 5.27. The minimum absolute atomic E-state index is 1.03. The molecule has 3 aromatic heterocycles. The Morgan fingerprint density at radius 2 is 1.36 bits per heavy atom. The van der Waals surface area contributed by atoms with Gasteiger partial charge in [-0.1, -0.05) is 72.8 Å². The number of hydrogen-bond donors (Lipinski definition) is 0. The van der Waals surface area contributed by atoms with Crippen molar-refractivity contribution in [2.45, 2.75) is 0 Å². The number of hydrogen-bond acceptors (Lipinski definition) is 2. The third kappa shape index (κ3) is 2.17. The maximum absolute atomic E-state index is 5.01. The van der Waals surface area contributed by atoms with Gasteiger partial charge in [-0.25, -0.2) is 4.98 Å². The molecular weight excluding hydrogens is 360 g/mol. The van der Waals surface area contributed by atoms with Crippen molar-refractivity contribution in [3.8, 4) is 22.4 Å². The first kappa shape index (κ1) is 15.6. The van der Waals surface area contributed by atoms with E-state index in [0.29, 0.717) is 0 Å². The molecule has 6 aromatic rings. The maximum atomic E-state index is 5.01. The summed E-state index contributed by atoms with van der Waals surface area (Å²) >= 11 is 1.76. The first-order valence-electron chi connectivity index (χ1n) is 9.33. The molecule has 2 nitrogen and oxygen atoms in total. The molecule has 0 spiro atoms. The molecule has 0 amide bonds. The van der Waals surface area contributed by atoms with Gasteiger partial charge in [0, 0.05) is 10.9 Å². The Morgan fingerprint density at radius 3 is 2.14 bits per heavy atom. The molecule has 0 aliphatic carbocycles. The van der Waals surface area contributed by atoms with E-state index in [0.717, 1.165) is 16.7 Å². The van der Waals surface area contributed by atoms with Gasteiger partial charge in [-0.3, -0.25) is 4.40 Å². The largest absolute Gasteiger partial charge is 0.290 e. The average molecular weight is 376 g/mol. The fourth-order valence-electron chi connectivity index (χ4n) is 4.09. The molecule has 6 rings (SSSR count). The lowest BCUT2D eigenvalue weighted by Gasteiger charge is -2.16. The average Bonchev–Trinajstić information content (AvgIpc) is 3.39. The highest BCUT2D eigenvalue weighted by Gasteiger charge is 2.21. The van der Waals surface area contributed by atoms with E-state index in [1.54, 1.807) is 11.3 Å². The van der Waals surface area contributed by atoms with Crippen LogP contribution in [0.15, 0.2) is 96.4 Å². The predicted octanol–water partition coefficient (Wildman–Crippen LogP) is 7.04. The first-order valence-corrected chi connectivity index (χ1v) is 10.2. The van der Waals surface area contributed by atoms with Crippen LogP contribution in [-0.2, 0) is 0 Å². The fraction of sp³-hybridized carbons (Fsp3) is 0. The summed E-state index contributed by atoms with van der Waals surface area (Å²) in [5, 5.41) is 3.43. The summed E-state index contributed by atoms with van der Waals surface area (Å²) in [5.41, 5.74) is 8.08. The normalized spacial score (nSPS) is 11.6. The van der Waals surface area contributed by atoms with Crippen LogP contribution in [0.25, 0.3) is 49.2 Å². The van der Waals surface area contributed by atoms with Gasteiger partial charge in [-0.2, -0.15) is 0 Å². The highest BCUT2D eigenvalue weighted by molar-refractivity contribution is 7.18. The fourth-order valence-corrected chi connectivity index (χ4v) is 4.97. The molecule has 0 aliphatic rings. The van der Waals surface area contributed by atoms with Crippen LogP contribution in [0.1, 0.15) is 0 Å². The van der Waals surface area contributed by atoms with E-state index in [9.17, 15) is 0 Å². The molecule has 0 aliphatic heterocycles. The molecule has 3 heterocycles.